The molecule has 0 saturated carbocycles. The molecule has 130 valence electrons. The van der Waals surface area contributed by atoms with E-state index in [4.69, 9.17) is 13.9 Å². The van der Waals surface area contributed by atoms with Crippen molar-refractivity contribution in [2.75, 3.05) is 0 Å². The number of hydrogen-bond donors (Lipinski definition) is 1. The number of rotatable bonds is 4. The first kappa shape index (κ1) is 16.0. The molecule has 2 atom stereocenters. The number of nitrogens with one attached hydrogen (secondary N) is 1. The maximum absolute atomic E-state index is 12.7. The molecule has 1 aromatic heterocycles. The van der Waals surface area contributed by atoms with E-state index in [1.54, 1.807) is 18.2 Å². The standard InChI is InChI=1S/C20H16N2O4/c23-20(22-21-13-15-9-6-12-24-15)19-18(14-7-2-1-3-8-14)25-16-10-4-5-11-17(16)26-19/h1-13,18-19H,(H,22,23). The highest BCUT2D eigenvalue weighted by Crippen LogP contribution is 2.39. The van der Waals surface area contributed by atoms with E-state index in [2.05, 4.69) is 10.5 Å². The first-order chi connectivity index (χ1) is 12.8. The van der Waals surface area contributed by atoms with Crippen LogP contribution in [0.5, 0.6) is 11.5 Å². The van der Waals surface area contributed by atoms with Crippen LogP contribution < -0.4 is 14.9 Å². The summed E-state index contributed by atoms with van der Waals surface area (Å²) in [6.45, 7) is 0. The van der Waals surface area contributed by atoms with Gasteiger partial charge in [-0.2, -0.15) is 5.10 Å². The van der Waals surface area contributed by atoms with Crippen LogP contribution in [0.2, 0.25) is 0 Å². The minimum absolute atomic E-state index is 0.406. The number of nitrogens with zero attached hydrogens (tertiary/aromatic N) is 1. The predicted octanol–water partition coefficient (Wildman–Crippen LogP) is 3.31. The number of furan rings is 1. The molecule has 2 aromatic carbocycles. The monoisotopic (exact) mass is 348 g/mol. The Morgan fingerprint density at radius 1 is 0.923 bits per heavy atom. The van der Waals surface area contributed by atoms with Gasteiger partial charge in [-0.15, -0.1) is 0 Å². The number of carbonyl (C=O) groups excluding carboxylic acids is 1. The molecule has 26 heavy (non-hydrogen) atoms. The Bertz CT molecular complexity index is 907. The lowest BCUT2D eigenvalue weighted by Gasteiger charge is -2.32. The lowest BCUT2D eigenvalue weighted by atomic mass is 10.0. The van der Waals surface area contributed by atoms with E-state index in [9.17, 15) is 4.79 Å². The summed E-state index contributed by atoms with van der Waals surface area (Å²) in [4.78, 5) is 12.7. The second-order valence-corrected chi connectivity index (χ2v) is 5.68. The molecule has 0 radical (unpaired) electrons. The average molecular weight is 348 g/mol. The molecule has 1 aliphatic rings. The van der Waals surface area contributed by atoms with Gasteiger partial charge in [0.2, 0.25) is 6.10 Å². The van der Waals surface area contributed by atoms with Crippen LogP contribution in [-0.4, -0.2) is 18.2 Å². The van der Waals surface area contributed by atoms with Crippen LogP contribution in [0.15, 0.2) is 82.5 Å². The fraction of sp³-hybridized carbons (Fsp3) is 0.100. The molecule has 1 aliphatic heterocycles. The molecule has 1 N–H and O–H groups in total. The van der Waals surface area contributed by atoms with Crippen molar-refractivity contribution >= 4 is 12.1 Å². The number of amides is 1. The van der Waals surface area contributed by atoms with E-state index in [1.165, 1.54) is 12.5 Å². The summed E-state index contributed by atoms with van der Waals surface area (Å²) in [5, 5.41) is 3.92. The molecule has 2 unspecified atom stereocenters. The van der Waals surface area contributed by atoms with Crippen LogP contribution in [-0.2, 0) is 4.79 Å². The van der Waals surface area contributed by atoms with Gasteiger partial charge in [-0.05, 0) is 29.8 Å². The molecule has 6 heteroatoms. The third-order valence-electron chi connectivity index (χ3n) is 3.93. The highest BCUT2D eigenvalue weighted by Gasteiger charge is 2.38. The maximum Gasteiger partial charge on any atom is 0.285 e. The molecular formula is C20H16N2O4. The van der Waals surface area contributed by atoms with Crippen LogP contribution in [0.4, 0.5) is 0 Å². The Morgan fingerprint density at radius 2 is 1.65 bits per heavy atom. The normalized spacial score (nSPS) is 18.6. The van der Waals surface area contributed by atoms with Crippen molar-refractivity contribution in [3.05, 3.63) is 84.3 Å². The number of hydrazone groups is 1. The fourth-order valence-corrected chi connectivity index (χ4v) is 2.71. The maximum atomic E-state index is 12.7. The Kier molecular flexibility index (Phi) is 4.38. The van der Waals surface area contributed by atoms with Gasteiger partial charge in [0.15, 0.2) is 17.6 Å². The van der Waals surface area contributed by atoms with Crippen molar-refractivity contribution < 1.29 is 18.7 Å². The minimum Gasteiger partial charge on any atom is -0.477 e. The van der Waals surface area contributed by atoms with Crippen LogP contribution in [0.1, 0.15) is 17.4 Å². The van der Waals surface area contributed by atoms with E-state index in [1.807, 2.05) is 48.5 Å². The second kappa shape index (κ2) is 7.14. The molecule has 0 spiro atoms. The Morgan fingerprint density at radius 3 is 2.38 bits per heavy atom. The molecule has 2 heterocycles. The number of para-hydroxylation sites is 2. The number of fused-ring (bicyclic) bond motifs is 1. The van der Waals surface area contributed by atoms with Gasteiger partial charge < -0.3 is 13.9 Å². The van der Waals surface area contributed by atoms with Crippen LogP contribution >= 0.6 is 0 Å². The van der Waals surface area contributed by atoms with Gasteiger partial charge in [0.05, 0.1) is 12.5 Å². The average Bonchev–Trinajstić information content (AvgIpc) is 3.21. The molecule has 0 aliphatic carbocycles. The first-order valence-electron chi connectivity index (χ1n) is 8.15. The van der Waals surface area contributed by atoms with Gasteiger partial charge >= 0.3 is 0 Å². The molecule has 4 rings (SSSR count). The summed E-state index contributed by atoms with van der Waals surface area (Å²) < 4.78 is 17.1. The molecule has 0 bridgehead atoms. The van der Waals surface area contributed by atoms with Crippen molar-refractivity contribution in [1.82, 2.24) is 5.43 Å². The largest absolute Gasteiger partial charge is 0.477 e. The summed E-state index contributed by atoms with van der Waals surface area (Å²) in [5.41, 5.74) is 3.33. The summed E-state index contributed by atoms with van der Waals surface area (Å²) in [5.74, 6) is 1.26. The summed E-state index contributed by atoms with van der Waals surface area (Å²) in [6.07, 6.45) is 1.50. The third-order valence-corrected chi connectivity index (χ3v) is 3.93. The fourth-order valence-electron chi connectivity index (χ4n) is 2.71. The van der Waals surface area contributed by atoms with Gasteiger partial charge in [-0.25, -0.2) is 5.43 Å². The predicted molar refractivity (Wildman–Crippen MR) is 95.1 cm³/mol. The zero-order valence-electron chi connectivity index (χ0n) is 13.7. The zero-order valence-corrected chi connectivity index (χ0v) is 13.7. The number of ether oxygens (including phenoxy) is 2. The molecule has 0 fully saturated rings. The summed E-state index contributed by atoms with van der Waals surface area (Å²) in [7, 11) is 0. The van der Waals surface area contributed by atoms with E-state index in [-0.39, 0.29) is 0 Å². The highest BCUT2D eigenvalue weighted by molar-refractivity contribution is 5.84. The van der Waals surface area contributed by atoms with Crippen molar-refractivity contribution in [1.29, 1.82) is 0 Å². The molecule has 1 amide bonds. The van der Waals surface area contributed by atoms with Gasteiger partial charge in [0.1, 0.15) is 5.76 Å². The highest BCUT2D eigenvalue weighted by atomic mass is 16.6. The van der Waals surface area contributed by atoms with Gasteiger partial charge in [-0.3, -0.25) is 4.79 Å². The van der Waals surface area contributed by atoms with Crippen molar-refractivity contribution in [2.24, 2.45) is 5.10 Å². The van der Waals surface area contributed by atoms with Crippen LogP contribution in [0.3, 0.4) is 0 Å². The van der Waals surface area contributed by atoms with E-state index in [0.717, 1.165) is 5.56 Å². The Labute approximate surface area is 150 Å². The van der Waals surface area contributed by atoms with E-state index < -0.39 is 18.1 Å². The van der Waals surface area contributed by atoms with Crippen molar-refractivity contribution in [2.45, 2.75) is 12.2 Å². The quantitative estimate of drug-likeness (QED) is 0.580. The smallest absolute Gasteiger partial charge is 0.285 e. The lowest BCUT2D eigenvalue weighted by molar-refractivity contribution is -0.134. The Hall–Kier alpha value is -3.54. The van der Waals surface area contributed by atoms with Gasteiger partial charge in [0.25, 0.3) is 5.91 Å². The number of benzene rings is 2. The second-order valence-electron chi connectivity index (χ2n) is 5.68. The SMILES string of the molecule is O=C(NN=Cc1ccco1)C1Oc2ccccc2OC1c1ccccc1. The molecule has 3 aromatic rings. The van der Waals surface area contributed by atoms with Gasteiger partial charge in [-0.1, -0.05) is 42.5 Å². The molecule has 0 saturated heterocycles. The third kappa shape index (κ3) is 3.30. The molecular weight excluding hydrogens is 332 g/mol. The van der Waals surface area contributed by atoms with Crippen LogP contribution in [0, 0.1) is 0 Å². The number of hydrogen-bond acceptors (Lipinski definition) is 5. The minimum atomic E-state index is -0.874. The Balaban J connectivity index is 1.57. The lowest BCUT2D eigenvalue weighted by Crippen LogP contribution is -2.44. The molecule has 6 nitrogen and oxygen atoms in total. The topological polar surface area (TPSA) is 73.1 Å². The summed E-state index contributed by atoms with van der Waals surface area (Å²) in [6, 6.07) is 20.2. The summed E-state index contributed by atoms with van der Waals surface area (Å²) >= 11 is 0. The van der Waals surface area contributed by atoms with E-state index in [0.29, 0.717) is 17.3 Å². The van der Waals surface area contributed by atoms with Crippen molar-refractivity contribution in [3.63, 3.8) is 0 Å². The first-order valence-corrected chi connectivity index (χ1v) is 8.15. The zero-order chi connectivity index (χ0) is 17.8. The van der Waals surface area contributed by atoms with E-state index >= 15 is 0 Å². The van der Waals surface area contributed by atoms with Crippen molar-refractivity contribution in [3.8, 4) is 11.5 Å². The number of carbonyl (C=O) groups is 1. The van der Waals surface area contributed by atoms with Gasteiger partial charge in [0, 0.05) is 0 Å². The van der Waals surface area contributed by atoms with Crippen LogP contribution in [0.25, 0.3) is 0 Å².